The summed E-state index contributed by atoms with van der Waals surface area (Å²) in [5.74, 6) is 1.75. The second-order valence-electron chi connectivity index (χ2n) is 4.18. The van der Waals surface area contributed by atoms with Gasteiger partial charge >= 0.3 is 0 Å². The van der Waals surface area contributed by atoms with Gasteiger partial charge in [0.05, 0.1) is 0 Å². The van der Waals surface area contributed by atoms with E-state index >= 15 is 0 Å². The van der Waals surface area contributed by atoms with Crippen molar-refractivity contribution in [3.8, 4) is 0 Å². The Kier molecular flexibility index (Phi) is 70.6. The van der Waals surface area contributed by atoms with Crippen LogP contribution in [0.1, 0.15) is 43.0 Å². The van der Waals surface area contributed by atoms with Crippen molar-refractivity contribution < 1.29 is 6.90 Å². The lowest BCUT2D eigenvalue weighted by atomic mass is 10.3. The molecule has 0 spiro atoms. The Morgan fingerprint density at radius 1 is 0.600 bits per heavy atom. The van der Waals surface area contributed by atoms with Gasteiger partial charge in [-0.15, -0.1) is 0 Å². The molecule has 0 aliphatic heterocycles. The third-order valence-electron chi connectivity index (χ3n) is 0. The van der Waals surface area contributed by atoms with Crippen molar-refractivity contribution in [1.29, 1.82) is 0 Å². The Balaban J connectivity index is -0.0000000135. The van der Waals surface area contributed by atoms with E-state index in [4.69, 9.17) is 0 Å². The minimum absolute atomic E-state index is 0. The number of hydrogen-bond acceptors (Lipinski definition) is 0. The molecule has 0 aromatic heterocycles. The molecule has 0 aliphatic carbocycles. The fourth-order valence-electron chi connectivity index (χ4n) is 0. The molecule has 2 N–H and O–H groups in total. The van der Waals surface area contributed by atoms with Gasteiger partial charge < -0.3 is 5.48 Å². The Bertz CT molecular complexity index is 47.5. The molecule has 9 radical (unpaired) electrons. The van der Waals surface area contributed by atoms with Crippen LogP contribution in [0.2, 0.25) is 0 Å². The Morgan fingerprint density at radius 3 is 0.600 bits per heavy atom. The molecule has 0 saturated carbocycles. The Hall–Kier alpha value is 1.02. The van der Waals surface area contributed by atoms with E-state index in [9.17, 15) is 0 Å². The van der Waals surface area contributed by atoms with Crippen molar-refractivity contribution in [2.24, 2.45) is 17.8 Å². The highest BCUT2D eigenvalue weighted by molar-refractivity contribution is 5.76. The summed E-state index contributed by atoms with van der Waals surface area (Å²) in [7, 11) is 0. The third-order valence-corrected chi connectivity index (χ3v) is 0. The first-order valence-corrected chi connectivity index (χ1v) is 4.69. The summed E-state index contributed by atoms with van der Waals surface area (Å²) in [4.78, 5) is 0. The van der Waals surface area contributed by atoms with Crippen LogP contribution < -0.4 is 0 Å². The lowest BCUT2D eigenvalue weighted by Gasteiger charge is -1.78. The highest BCUT2D eigenvalue weighted by Crippen LogP contribution is 1.80. The summed E-state index contributed by atoms with van der Waals surface area (Å²) < 4.78 is 0. The standard InChI is InChI=1S/3C4H9.2Al.H2O.H2/c3*1-4(2)3;;;;/h3*4H,1H2,2-3H3;;;1H2;1H. The fourth-order valence-corrected chi connectivity index (χ4v) is 0. The summed E-state index contributed by atoms with van der Waals surface area (Å²) in [5, 5.41) is 0. The second kappa shape index (κ2) is 29.4. The van der Waals surface area contributed by atoms with Crippen LogP contribution in [0.3, 0.4) is 0 Å². The normalized spacial score (nSPS) is 7.20. The summed E-state index contributed by atoms with van der Waals surface area (Å²) in [6.07, 6.45) is 0. The smallest absolute Gasteiger partial charge is 0 e. The molecule has 0 rings (SSSR count). The van der Waals surface area contributed by atoms with Crippen molar-refractivity contribution in [3.63, 3.8) is 0 Å². The topological polar surface area (TPSA) is 31.5 Å². The monoisotopic (exact) mass is 245 g/mol. The van der Waals surface area contributed by atoms with Gasteiger partial charge in [0.25, 0.3) is 0 Å². The van der Waals surface area contributed by atoms with Crippen LogP contribution in [0.4, 0.5) is 0 Å². The first-order valence-electron chi connectivity index (χ1n) is 4.69. The average molecular weight is 245 g/mol. The van der Waals surface area contributed by atoms with E-state index in [1.165, 1.54) is 0 Å². The highest BCUT2D eigenvalue weighted by atomic mass is 27.0. The predicted octanol–water partition coefficient (Wildman–Crippen LogP) is 3.09. The molecule has 0 atom stereocenters. The largest absolute Gasteiger partial charge is 0.412 e. The van der Waals surface area contributed by atoms with Gasteiger partial charge in [-0.3, -0.25) is 0 Å². The molecule has 15 heavy (non-hydrogen) atoms. The molecule has 0 amide bonds. The maximum absolute atomic E-state index is 3.64. The van der Waals surface area contributed by atoms with Crippen LogP contribution in [-0.4, -0.2) is 40.2 Å². The molecule has 0 aromatic carbocycles. The summed E-state index contributed by atoms with van der Waals surface area (Å²) >= 11 is 0. The van der Waals surface area contributed by atoms with Gasteiger partial charge in [0, 0.05) is 36.1 Å². The molecule has 91 valence electrons. The van der Waals surface area contributed by atoms with Gasteiger partial charge in [0.15, 0.2) is 0 Å². The quantitative estimate of drug-likeness (QED) is 0.587. The summed E-state index contributed by atoms with van der Waals surface area (Å²) in [6.45, 7) is 23.2. The van der Waals surface area contributed by atoms with Crippen molar-refractivity contribution in [2.75, 3.05) is 0 Å². The highest BCUT2D eigenvalue weighted by Gasteiger charge is 1.69. The summed E-state index contributed by atoms with van der Waals surface area (Å²) in [6, 6.07) is 0. The van der Waals surface area contributed by atoms with Gasteiger partial charge in [-0.05, 0) is 17.8 Å². The minimum Gasteiger partial charge on any atom is -0.412 e. The van der Waals surface area contributed by atoms with E-state index in [0.717, 1.165) is 0 Å². The maximum Gasteiger partial charge on any atom is 0 e. The van der Waals surface area contributed by atoms with E-state index in [0.29, 0.717) is 17.8 Å². The van der Waals surface area contributed by atoms with Crippen LogP contribution >= 0.6 is 0 Å². The number of rotatable bonds is 0. The molecule has 0 heterocycles. The zero-order chi connectivity index (χ0) is 10.7. The predicted molar refractivity (Wildman–Crippen MR) is 77.8 cm³/mol. The van der Waals surface area contributed by atoms with Gasteiger partial charge in [0.1, 0.15) is 0 Å². The molecule has 1 nitrogen and oxygen atoms in total. The molecular weight excluding hydrogens is 214 g/mol. The molecule has 0 bridgehead atoms. The van der Waals surface area contributed by atoms with E-state index in [2.05, 4.69) is 62.3 Å². The van der Waals surface area contributed by atoms with Crippen LogP contribution in [0.5, 0.6) is 0 Å². The molecule has 0 unspecified atom stereocenters. The fraction of sp³-hybridized carbons (Fsp3) is 0.750. The minimum atomic E-state index is 0. The lowest BCUT2D eigenvalue weighted by Crippen LogP contribution is -1.67. The van der Waals surface area contributed by atoms with Crippen LogP contribution in [0.15, 0.2) is 0 Å². The maximum atomic E-state index is 3.64. The van der Waals surface area contributed by atoms with Crippen LogP contribution in [-0.2, 0) is 0 Å². The summed E-state index contributed by atoms with van der Waals surface area (Å²) in [5.41, 5.74) is 0. The molecule has 3 heteroatoms. The van der Waals surface area contributed by atoms with Gasteiger partial charge in [-0.2, -0.15) is 0 Å². The van der Waals surface area contributed by atoms with Gasteiger partial charge in [0.2, 0.25) is 0 Å². The van der Waals surface area contributed by atoms with Gasteiger partial charge in [-0.1, -0.05) is 62.3 Å². The van der Waals surface area contributed by atoms with Crippen molar-refractivity contribution >= 4 is 34.7 Å². The van der Waals surface area contributed by atoms with E-state index < -0.39 is 0 Å². The van der Waals surface area contributed by atoms with Crippen molar-refractivity contribution in [1.82, 2.24) is 0 Å². The van der Waals surface area contributed by atoms with E-state index in [1.54, 1.807) is 0 Å². The molecular formula is C12H31Al2O. The van der Waals surface area contributed by atoms with Crippen LogP contribution in [0, 0.1) is 38.5 Å². The molecule has 0 aromatic rings. The molecule has 0 aliphatic rings. The lowest BCUT2D eigenvalue weighted by molar-refractivity contribution is 0.824. The number of hydrogen-bond donors (Lipinski definition) is 0. The van der Waals surface area contributed by atoms with Crippen molar-refractivity contribution in [2.45, 2.75) is 41.5 Å². The zero-order valence-electron chi connectivity index (χ0n) is 11.5. The van der Waals surface area contributed by atoms with E-state index in [-0.39, 0.29) is 41.6 Å². The first kappa shape index (κ1) is 36.0. The van der Waals surface area contributed by atoms with Crippen LogP contribution in [0.25, 0.3) is 0 Å². The SMILES string of the molecule is O.[Al].[Al].[CH2]C(C)C.[CH2]C(C)C.[CH2]C(C)C.[HH]. The first-order chi connectivity index (χ1) is 5.20. The third kappa shape index (κ3) is 2430. The van der Waals surface area contributed by atoms with Gasteiger partial charge in [-0.25, -0.2) is 0 Å². The molecule has 0 fully saturated rings. The van der Waals surface area contributed by atoms with E-state index in [1.807, 2.05) is 0 Å². The Labute approximate surface area is 121 Å². The Morgan fingerprint density at radius 2 is 0.600 bits per heavy atom. The zero-order valence-corrected chi connectivity index (χ0v) is 13.8. The van der Waals surface area contributed by atoms with Crippen molar-refractivity contribution in [3.05, 3.63) is 20.8 Å². The second-order valence-corrected chi connectivity index (χ2v) is 4.18. The molecule has 0 saturated heterocycles. The average Bonchev–Trinajstić information content (AvgIpc) is 1.54.